The first-order valence-electron chi connectivity index (χ1n) is 8.99. The van der Waals surface area contributed by atoms with E-state index in [0.29, 0.717) is 23.9 Å². The molecule has 0 aliphatic carbocycles. The Labute approximate surface area is 168 Å². The van der Waals surface area contributed by atoms with Crippen LogP contribution in [0.4, 0.5) is 5.69 Å². The first-order chi connectivity index (χ1) is 14.1. The summed E-state index contributed by atoms with van der Waals surface area (Å²) in [5.74, 6) is 0.905. The van der Waals surface area contributed by atoms with Crippen LogP contribution in [-0.2, 0) is 6.61 Å². The van der Waals surface area contributed by atoms with Gasteiger partial charge in [-0.3, -0.25) is 4.99 Å². The van der Waals surface area contributed by atoms with Crippen molar-refractivity contribution >= 4 is 17.9 Å². The van der Waals surface area contributed by atoms with E-state index in [1.54, 1.807) is 31.5 Å². The van der Waals surface area contributed by atoms with Gasteiger partial charge in [0, 0.05) is 6.21 Å². The number of hydrogen-bond donors (Lipinski definition) is 1. The molecule has 0 radical (unpaired) electrons. The standard InChI is InChI=1S/C22H21NO6/c1-3-27-18-7-5-4-6-17(18)23-13-15-8-10-19(21(12-15)26-2)28-14-16-9-11-20(29-16)22(24)25/h4-13H,3,14H2,1-2H3,(H,24,25). The maximum atomic E-state index is 10.9. The zero-order valence-corrected chi connectivity index (χ0v) is 16.1. The number of ether oxygens (including phenoxy) is 3. The molecule has 7 heteroatoms. The van der Waals surface area contributed by atoms with Crippen LogP contribution in [0.2, 0.25) is 0 Å². The van der Waals surface area contributed by atoms with Crippen LogP contribution in [0.15, 0.2) is 64.0 Å². The molecule has 0 spiro atoms. The van der Waals surface area contributed by atoms with Crippen molar-refractivity contribution in [2.45, 2.75) is 13.5 Å². The van der Waals surface area contributed by atoms with E-state index >= 15 is 0 Å². The van der Waals surface area contributed by atoms with Crippen molar-refractivity contribution in [2.75, 3.05) is 13.7 Å². The number of carboxylic acids is 1. The monoisotopic (exact) mass is 395 g/mol. The van der Waals surface area contributed by atoms with Crippen LogP contribution in [0.5, 0.6) is 17.2 Å². The fraction of sp³-hybridized carbons (Fsp3) is 0.182. The third kappa shape index (κ3) is 5.16. The third-order valence-electron chi connectivity index (χ3n) is 3.95. The molecule has 7 nitrogen and oxygen atoms in total. The number of aliphatic imine (C=N–C) groups is 1. The van der Waals surface area contributed by atoms with E-state index in [0.717, 1.165) is 17.0 Å². The van der Waals surface area contributed by atoms with Gasteiger partial charge in [0.2, 0.25) is 5.76 Å². The quantitative estimate of drug-likeness (QED) is 0.528. The number of methoxy groups -OCH3 is 1. The van der Waals surface area contributed by atoms with Gasteiger partial charge in [-0.15, -0.1) is 0 Å². The van der Waals surface area contributed by atoms with Gasteiger partial charge in [0.05, 0.1) is 13.7 Å². The number of benzene rings is 2. The predicted octanol–water partition coefficient (Wildman–Crippen LogP) is 4.71. The van der Waals surface area contributed by atoms with E-state index in [-0.39, 0.29) is 12.4 Å². The summed E-state index contributed by atoms with van der Waals surface area (Å²) in [5, 5.41) is 8.90. The van der Waals surface area contributed by atoms with Gasteiger partial charge in [0.15, 0.2) is 11.5 Å². The molecule has 3 rings (SSSR count). The Morgan fingerprint density at radius 2 is 1.90 bits per heavy atom. The Balaban J connectivity index is 1.72. The Morgan fingerprint density at radius 3 is 2.62 bits per heavy atom. The second-order valence-electron chi connectivity index (χ2n) is 5.93. The van der Waals surface area contributed by atoms with Crippen LogP contribution in [0.1, 0.15) is 28.8 Å². The van der Waals surface area contributed by atoms with Crippen LogP contribution < -0.4 is 14.2 Å². The van der Waals surface area contributed by atoms with Crippen molar-refractivity contribution in [1.29, 1.82) is 0 Å². The summed E-state index contributed by atoms with van der Waals surface area (Å²) in [7, 11) is 1.54. The molecule has 1 heterocycles. The zero-order chi connectivity index (χ0) is 20.6. The van der Waals surface area contributed by atoms with Gasteiger partial charge in [-0.25, -0.2) is 4.79 Å². The number of carboxylic acid groups (broad SMARTS) is 1. The highest BCUT2D eigenvalue weighted by atomic mass is 16.5. The van der Waals surface area contributed by atoms with Gasteiger partial charge in [0.25, 0.3) is 0 Å². The Morgan fingerprint density at radius 1 is 1.07 bits per heavy atom. The topological polar surface area (TPSA) is 90.5 Å². The highest BCUT2D eigenvalue weighted by Crippen LogP contribution is 2.30. The molecule has 0 saturated heterocycles. The third-order valence-corrected chi connectivity index (χ3v) is 3.95. The van der Waals surface area contributed by atoms with Crippen molar-refractivity contribution < 1.29 is 28.5 Å². The van der Waals surface area contributed by atoms with Crippen molar-refractivity contribution in [3.05, 3.63) is 71.7 Å². The van der Waals surface area contributed by atoms with Crippen LogP contribution in [0, 0.1) is 0 Å². The minimum Gasteiger partial charge on any atom is -0.493 e. The Kier molecular flexibility index (Phi) is 6.52. The van der Waals surface area contributed by atoms with E-state index in [1.165, 1.54) is 6.07 Å². The molecule has 0 aliphatic heterocycles. The number of carbonyl (C=O) groups is 1. The molecule has 1 N–H and O–H groups in total. The summed E-state index contributed by atoms with van der Waals surface area (Å²) in [4.78, 5) is 15.4. The van der Waals surface area contributed by atoms with Crippen LogP contribution >= 0.6 is 0 Å². The normalized spacial score (nSPS) is 10.8. The van der Waals surface area contributed by atoms with Gasteiger partial charge in [-0.2, -0.15) is 0 Å². The molecule has 0 aliphatic rings. The molecular weight excluding hydrogens is 374 g/mol. The number of aromatic carboxylic acids is 1. The SMILES string of the molecule is CCOc1ccccc1N=Cc1ccc(OCc2ccc(C(=O)O)o2)c(OC)c1. The summed E-state index contributed by atoms with van der Waals surface area (Å²) < 4.78 is 21.9. The van der Waals surface area contributed by atoms with Gasteiger partial charge in [-0.1, -0.05) is 12.1 Å². The van der Waals surface area contributed by atoms with Crippen LogP contribution in [-0.4, -0.2) is 31.0 Å². The summed E-state index contributed by atoms with van der Waals surface area (Å²) in [5.41, 5.74) is 1.56. The Bertz CT molecular complexity index is 1010. The van der Waals surface area contributed by atoms with E-state index in [1.807, 2.05) is 37.3 Å². The molecule has 0 unspecified atom stereocenters. The van der Waals surface area contributed by atoms with Crippen molar-refractivity contribution in [3.8, 4) is 17.2 Å². The van der Waals surface area contributed by atoms with E-state index < -0.39 is 5.97 Å². The number of para-hydroxylation sites is 2. The molecule has 3 aromatic rings. The van der Waals surface area contributed by atoms with Gasteiger partial charge >= 0.3 is 5.97 Å². The lowest BCUT2D eigenvalue weighted by Crippen LogP contribution is -1.98. The molecule has 0 bridgehead atoms. The van der Waals surface area contributed by atoms with Gasteiger partial charge < -0.3 is 23.7 Å². The molecule has 0 fully saturated rings. The number of hydrogen-bond acceptors (Lipinski definition) is 6. The number of furan rings is 1. The second-order valence-corrected chi connectivity index (χ2v) is 5.93. The van der Waals surface area contributed by atoms with Crippen LogP contribution in [0.25, 0.3) is 0 Å². The maximum absolute atomic E-state index is 10.9. The minimum absolute atomic E-state index is 0.0822. The van der Waals surface area contributed by atoms with E-state index in [4.69, 9.17) is 23.7 Å². The van der Waals surface area contributed by atoms with Crippen LogP contribution in [0.3, 0.4) is 0 Å². The summed E-state index contributed by atoms with van der Waals surface area (Å²) >= 11 is 0. The molecule has 0 atom stereocenters. The smallest absolute Gasteiger partial charge is 0.371 e. The average Bonchev–Trinajstić information content (AvgIpc) is 3.21. The lowest BCUT2D eigenvalue weighted by Gasteiger charge is -2.10. The first kappa shape index (κ1) is 20.0. The summed E-state index contributed by atoms with van der Waals surface area (Å²) in [6.07, 6.45) is 1.72. The molecule has 150 valence electrons. The fourth-order valence-corrected chi connectivity index (χ4v) is 2.59. The number of nitrogens with zero attached hydrogens (tertiary/aromatic N) is 1. The molecular formula is C22H21NO6. The predicted molar refractivity (Wildman–Crippen MR) is 108 cm³/mol. The zero-order valence-electron chi connectivity index (χ0n) is 16.1. The van der Waals surface area contributed by atoms with Crippen molar-refractivity contribution in [1.82, 2.24) is 0 Å². The lowest BCUT2D eigenvalue weighted by atomic mass is 10.2. The summed E-state index contributed by atoms with van der Waals surface area (Å²) in [6.45, 7) is 2.57. The van der Waals surface area contributed by atoms with Gasteiger partial charge in [0.1, 0.15) is 23.8 Å². The summed E-state index contributed by atoms with van der Waals surface area (Å²) in [6, 6.07) is 15.9. The van der Waals surface area contributed by atoms with Gasteiger partial charge in [-0.05, 0) is 55.0 Å². The first-order valence-corrected chi connectivity index (χ1v) is 8.99. The highest BCUT2D eigenvalue weighted by Gasteiger charge is 2.11. The minimum atomic E-state index is -1.12. The van der Waals surface area contributed by atoms with Crippen molar-refractivity contribution in [3.63, 3.8) is 0 Å². The molecule has 2 aromatic carbocycles. The molecule has 0 amide bonds. The average molecular weight is 395 g/mol. The number of rotatable bonds is 9. The molecule has 29 heavy (non-hydrogen) atoms. The lowest BCUT2D eigenvalue weighted by molar-refractivity contribution is 0.0658. The second kappa shape index (κ2) is 9.45. The molecule has 1 aromatic heterocycles. The largest absolute Gasteiger partial charge is 0.493 e. The van der Waals surface area contributed by atoms with E-state index in [2.05, 4.69) is 4.99 Å². The maximum Gasteiger partial charge on any atom is 0.371 e. The highest BCUT2D eigenvalue weighted by molar-refractivity contribution is 5.84. The molecule has 0 saturated carbocycles. The van der Waals surface area contributed by atoms with Crippen molar-refractivity contribution in [2.24, 2.45) is 4.99 Å². The van der Waals surface area contributed by atoms with E-state index in [9.17, 15) is 4.79 Å². The fourth-order valence-electron chi connectivity index (χ4n) is 2.59. The Hall–Kier alpha value is -3.74.